The molecule has 2 unspecified atom stereocenters. The molecule has 2 fully saturated rings. The van der Waals surface area contributed by atoms with Gasteiger partial charge in [0.1, 0.15) is 0 Å². The first-order chi connectivity index (χ1) is 11.5. The predicted molar refractivity (Wildman–Crippen MR) is 99.3 cm³/mol. The van der Waals surface area contributed by atoms with Gasteiger partial charge in [-0.05, 0) is 56.2 Å². The standard InChI is InChI=1S/C21H32N2O/c1-15(2)17-6-8-18(9-7-17)21(11-4-5-12-21)20(24)23-19-10-13-22-16(3)14-19/h6-9,15-16,19,22H,4-5,10-14H2,1-3H3,(H,23,24). The molecule has 2 N–H and O–H groups in total. The quantitative estimate of drug-likeness (QED) is 0.881. The van der Waals surface area contributed by atoms with E-state index >= 15 is 0 Å². The van der Waals surface area contributed by atoms with Gasteiger partial charge in [-0.1, -0.05) is 51.0 Å². The molecule has 24 heavy (non-hydrogen) atoms. The number of rotatable bonds is 4. The van der Waals surface area contributed by atoms with Crippen molar-refractivity contribution in [3.8, 4) is 0 Å². The summed E-state index contributed by atoms with van der Waals surface area (Å²) < 4.78 is 0. The van der Waals surface area contributed by atoms with E-state index in [-0.39, 0.29) is 11.3 Å². The predicted octanol–water partition coefficient (Wildman–Crippen LogP) is 3.88. The van der Waals surface area contributed by atoms with E-state index in [9.17, 15) is 4.79 Å². The third-order valence-electron chi connectivity index (χ3n) is 5.98. The van der Waals surface area contributed by atoms with Crippen LogP contribution >= 0.6 is 0 Å². The van der Waals surface area contributed by atoms with Crippen molar-refractivity contribution in [3.63, 3.8) is 0 Å². The van der Waals surface area contributed by atoms with Gasteiger partial charge >= 0.3 is 0 Å². The minimum atomic E-state index is -0.302. The highest BCUT2D eigenvalue weighted by Crippen LogP contribution is 2.42. The average molecular weight is 329 g/mol. The highest BCUT2D eigenvalue weighted by Gasteiger charge is 2.43. The first-order valence-corrected chi connectivity index (χ1v) is 9.66. The summed E-state index contributed by atoms with van der Waals surface area (Å²) in [6.07, 6.45) is 6.36. The number of benzene rings is 1. The molecule has 0 radical (unpaired) electrons. The van der Waals surface area contributed by atoms with Crippen molar-refractivity contribution in [1.82, 2.24) is 10.6 Å². The van der Waals surface area contributed by atoms with Gasteiger partial charge in [0.2, 0.25) is 5.91 Å². The van der Waals surface area contributed by atoms with Crippen LogP contribution in [0.2, 0.25) is 0 Å². The second-order valence-corrected chi connectivity index (χ2v) is 8.12. The van der Waals surface area contributed by atoms with Gasteiger partial charge in [0.05, 0.1) is 5.41 Å². The monoisotopic (exact) mass is 328 g/mol. The highest BCUT2D eigenvalue weighted by atomic mass is 16.2. The summed E-state index contributed by atoms with van der Waals surface area (Å²) in [6.45, 7) is 7.63. The zero-order valence-corrected chi connectivity index (χ0v) is 15.4. The lowest BCUT2D eigenvalue weighted by Crippen LogP contribution is -2.51. The van der Waals surface area contributed by atoms with Crippen LogP contribution in [0.15, 0.2) is 24.3 Å². The largest absolute Gasteiger partial charge is 0.352 e. The van der Waals surface area contributed by atoms with Crippen LogP contribution in [0.4, 0.5) is 0 Å². The van der Waals surface area contributed by atoms with E-state index in [1.165, 1.54) is 11.1 Å². The van der Waals surface area contributed by atoms with Gasteiger partial charge < -0.3 is 10.6 Å². The van der Waals surface area contributed by atoms with Crippen LogP contribution in [0.1, 0.15) is 76.3 Å². The second-order valence-electron chi connectivity index (χ2n) is 8.12. The Morgan fingerprint density at radius 2 is 1.88 bits per heavy atom. The van der Waals surface area contributed by atoms with Crippen molar-refractivity contribution in [1.29, 1.82) is 0 Å². The van der Waals surface area contributed by atoms with E-state index < -0.39 is 0 Å². The summed E-state index contributed by atoms with van der Waals surface area (Å²) in [7, 11) is 0. The molecule has 0 bridgehead atoms. The number of nitrogens with one attached hydrogen (secondary N) is 2. The molecule has 1 heterocycles. The first kappa shape index (κ1) is 17.5. The SMILES string of the molecule is CC1CC(NC(=O)C2(c3ccc(C(C)C)cc3)CCCC2)CCN1. The van der Waals surface area contributed by atoms with Gasteiger partial charge in [-0.3, -0.25) is 4.79 Å². The lowest BCUT2D eigenvalue weighted by Gasteiger charge is -2.34. The summed E-state index contributed by atoms with van der Waals surface area (Å²) >= 11 is 0. The molecule has 1 aliphatic heterocycles. The Balaban J connectivity index is 1.78. The highest BCUT2D eigenvalue weighted by molar-refractivity contribution is 5.88. The third kappa shape index (κ3) is 3.51. The number of piperidine rings is 1. The Morgan fingerprint density at radius 3 is 2.46 bits per heavy atom. The summed E-state index contributed by atoms with van der Waals surface area (Å²) in [5.74, 6) is 0.792. The summed E-state index contributed by atoms with van der Waals surface area (Å²) in [4.78, 5) is 13.2. The van der Waals surface area contributed by atoms with Crippen molar-refractivity contribution in [2.24, 2.45) is 0 Å². The van der Waals surface area contributed by atoms with E-state index in [1.54, 1.807) is 0 Å². The zero-order chi connectivity index (χ0) is 17.2. The van der Waals surface area contributed by atoms with Gasteiger partial charge in [-0.2, -0.15) is 0 Å². The normalized spacial score (nSPS) is 26.5. The molecule has 2 atom stereocenters. The van der Waals surface area contributed by atoms with Crippen LogP contribution in [-0.2, 0) is 10.2 Å². The maximum absolute atomic E-state index is 13.2. The third-order valence-corrected chi connectivity index (χ3v) is 5.98. The van der Waals surface area contributed by atoms with Crippen LogP contribution in [0.3, 0.4) is 0 Å². The lowest BCUT2D eigenvalue weighted by atomic mass is 9.77. The van der Waals surface area contributed by atoms with Crippen molar-refractivity contribution >= 4 is 5.91 Å². The maximum atomic E-state index is 13.2. The minimum absolute atomic E-state index is 0.261. The number of carbonyl (C=O) groups is 1. The molecule has 3 nitrogen and oxygen atoms in total. The molecule has 3 rings (SSSR count). The molecule has 0 spiro atoms. The lowest BCUT2D eigenvalue weighted by molar-refractivity contribution is -0.127. The Hall–Kier alpha value is -1.35. The van der Waals surface area contributed by atoms with E-state index in [0.29, 0.717) is 18.0 Å². The fourth-order valence-corrected chi connectivity index (χ4v) is 4.40. The Bertz CT molecular complexity index is 558. The van der Waals surface area contributed by atoms with Crippen molar-refractivity contribution in [2.75, 3.05) is 6.54 Å². The topological polar surface area (TPSA) is 41.1 Å². The Morgan fingerprint density at radius 1 is 1.21 bits per heavy atom. The maximum Gasteiger partial charge on any atom is 0.230 e. The van der Waals surface area contributed by atoms with E-state index in [2.05, 4.69) is 55.7 Å². The molecule has 1 amide bonds. The smallest absolute Gasteiger partial charge is 0.230 e. The van der Waals surface area contributed by atoms with Crippen LogP contribution in [-0.4, -0.2) is 24.5 Å². The van der Waals surface area contributed by atoms with Crippen LogP contribution in [0, 0.1) is 0 Å². The van der Waals surface area contributed by atoms with Crippen LogP contribution in [0.25, 0.3) is 0 Å². The number of carbonyl (C=O) groups excluding carboxylic acids is 1. The van der Waals surface area contributed by atoms with Gasteiger partial charge in [0, 0.05) is 12.1 Å². The average Bonchev–Trinajstić information content (AvgIpc) is 3.06. The summed E-state index contributed by atoms with van der Waals surface area (Å²) in [5, 5.41) is 6.85. The van der Waals surface area contributed by atoms with Crippen molar-refractivity contribution in [2.45, 2.75) is 82.7 Å². The van der Waals surface area contributed by atoms with Crippen molar-refractivity contribution in [3.05, 3.63) is 35.4 Å². The van der Waals surface area contributed by atoms with E-state index in [0.717, 1.165) is 45.1 Å². The number of amides is 1. The molecule has 1 aromatic rings. The molecular formula is C21H32N2O. The zero-order valence-electron chi connectivity index (χ0n) is 15.4. The molecule has 0 aromatic heterocycles. The van der Waals surface area contributed by atoms with Crippen LogP contribution in [0.5, 0.6) is 0 Å². The first-order valence-electron chi connectivity index (χ1n) is 9.66. The van der Waals surface area contributed by atoms with E-state index in [4.69, 9.17) is 0 Å². The van der Waals surface area contributed by atoms with Gasteiger partial charge in [0.15, 0.2) is 0 Å². The fourth-order valence-electron chi connectivity index (χ4n) is 4.40. The molecule has 3 heteroatoms. The fraction of sp³-hybridized carbons (Fsp3) is 0.667. The number of hydrogen-bond donors (Lipinski definition) is 2. The molecule has 2 aliphatic rings. The molecule has 1 saturated heterocycles. The molecule has 132 valence electrons. The van der Waals surface area contributed by atoms with Gasteiger partial charge in [0.25, 0.3) is 0 Å². The Labute approximate surface area is 146 Å². The molecular weight excluding hydrogens is 296 g/mol. The second kappa shape index (κ2) is 7.26. The van der Waals surface area contributed by atoms with Gasteiger partial charge in [-0.25, -0.2) is 0 Å². The molecule has 1 saturated carbocycles. The summed E-state index contributed by atoms with van der Waals surface area (Å²) in [6, 6.07) is 9.63. The molecule has 1 aromatic carbocycles. The van der Waals surface area contributed by atoms with Gasteiger partial charge in [-0.15, -0.1) is 0 Å². The number of hydrogen-bond acceptors (Lipinski definition) is 2. The molecule has 1 aliphatic carbocycles. The summed E-state index contributed by atoms with van der Waals surface area (Å²) in [5.41, 5.74) is 2.26. The minimum Gasteiger partial charge on any atom is -0.352 e. The Kier molecular flexibility index (Phi) is 5.29. The van der Waals surface area contributed by atoms with Crippen LogP contribution < -0.4 is 10.6 Å². The van der Waals surface area contributed by atoms with Crippen molar-refractivity contribution < 1.29 is 4.79 Å². The van der Waals surface area contributed by atoms with E-state index in [1.807, 2.05) is 0 Å².